The zero-order valence-corrected chi connectivity index (χ0v) is 16.3. The fraction of sp³-hybridized carbons (Fsp3) is 0.579. The van der Waals surface area contributed by atoms with Crippen molar-refractivity contribution in [2.24, 2.45) is 11.3 Å². The summed E-state index contributed by atoms with van der Waals surface area (Å²) >= 11 is 6.23. The Morgan fingerprint density at radius 1 is 1.46 bits per heavy atom. The molecule has 0 aliphatic carbocycles. The quantitative estimate of drug-likeness (QED) is 0.758. The summed E-state index contributed by atoms with van der Waals surface area (Å²) in [5.74, 6) is 0.309. The lowest BCUT2D eigenvalue weighted by atomic mass is 9.68. The van der Waals surface area contributed by atoms with Crippen molar-refractivity contribution in [2.75, 3.05) is 19.6 Å². The minimum Gasteiger partial charge on any atom is -0.388 e. The van der Waals surface area contributed by atoms with Crippen molar-refractivity contribution in [1.29, 1.82) is 0 Å². The SMILES string of the molecule is CCNC(=O)N1CCC(C(C)(C)C(O)c2cc(Cl)cc3[nH]ncc23)CC1. The van der Waals surface area contributed by atoms with E-state index in [1.165, 1.54) is 0 Å². The first-order valence-electron chi connectivity index (χ1n) is 9.18. The Hall–Kier alpha value is -1.79. The van der Waals surface area contributed by atoms with Crippen LogP contribution in [0, 0.1) is 11.3 Å². The molecule has 0 spiro atoms. The maximum atomic E-state index is 12.0. The van der Waals surface area contributed by atoms with Gasteiger partial charge in [0, 0.05) is 30.0 Å². The van der Waals surface area contributed by atoms with Gasteiger partial charge in [0.25, 0.3) is 0 Å². The lowest BCUT2D eigenvalue weighted by molar-refractivity contribution is -0.0142. The minimum atomic E-state index is -0.665. The first-order chi connectivity index (χ1) is 12.3. The van der Waals surface area contributed by atoms with E-state index < -0.39 is 6.10 Å². The second-order valence-corrected chi connectivity index (χ2v) is 8.08. The van der Waals surface area contributed by atoms with Crippen LogP contribution >= 0.6 is 11.6 Å². The summed E-state index contributed by atoms with van der Waals surface area (Å²) in [7, 11) is 0. The Kier molecular flexibility index (Phi) is 5.44. The summed E-state index contributed by atoms with van der Waals surface area (Å²) in [6.07, 6.45) is 2.81. The Balaban J connectivity index is 1.77. The van der Waals surface area contributed by atoms with Crippen LogP contribution in [0.3, 0.4) is 0 Å². The zero-order valence-electron chi connectivity index (χ0n) is 15.6. The number of hydrogen-bond acceptors (Lipinski definition) is 3. The normalized spacial score (nSPS) is 17.5. The number of aromatic amines is 1. The standard InChI is InChI=1S/C19H27ClN4O2/c1-4-21-18(26)24-7-5-12(6-8-24)19(2,3)17(25)14-9-13(20)10-16-15(14)11-22-23-16/h9-12,17,25H,4-8H2,1-3H3,(H,21,26)(H,22,23). The van der Waals surface area contributed by atoms with Gasteiger partial charge in [0.2, 0.25) is 0 Å². The van der Waals surface area contributed by atoms with Crippen LogP contribution in [0.1, 0.15) is 45.3 Å². The third-order valence-corrected chi connectivity index (χ3v) is 5.94. The van der Waals surface area contributed by atoms with Crippen LogP contribution in [0.25, 0.3) is 10.9 Å². The van der Waals surface area contributed by atoms with E-state index >= 15 is 0 Å². The van der Waals surface area contributed by atoms with Gasteiger partial charge < -0.3 is 15.3 Å². The molecular formula is C19H27ClN4O2. The maximum absolute atomic E-state index is 12.0. The number of nitrogens with one attached hydrogen (secondary N) is 2. The van der Waals surface area contributed by atoms with E-state index in [1.54, 1.807) is 6.20 Å². The number of H-pyrrole nitrogens is 1. The number of nitrogens with zero attached hydrogens (tertiary/aromatic N) is 2. The average molecular weight is 379 g/mol. The molecule has 2 aromatic rings. The lowest BCUT2D eigenvalue weighted by Gasteiger charge is -2.43. The first kappa shape index (κ1) is 19.0. The van der Waals surface area contributed by atoms with E-state index in [2.05, 4.69) is 29.4 Å². The molecule has 2 heterocycles. The largest absolute Gasteiger partial charge is 0.388 e. The molecule has 3 N–H and O–H groups in total. The highest BCUT2D eigenvalue weighted by Gasteiger charge is 2.40. The van der Waals surface area contributed by atoms with Crippen molar-refractivity contribution in [1.82, 2.24) is 20.4 Å². The van der Waals surface area contributed by atoms with Gasteiger partial charge in [0.05, 0.1) is 17.8 Å². The summed E-state index contributed by atoms with van der Waals surface area (Å²) < 4.78 is 0. The van der Waals surface area contributed by atoms with Crippen LogP contribution < -0.4 is 5.32 Å². The van der Waals surface area contributed by atoms with E-state index in [0.29, 0.717) is 30.6 Å². The number of piperidine rings is 1. The fourth-order valence-electron chi connectivity index (χ4n) is 3.98. The second kappa shape index (κ2) is 7.45. The molecule has 0 bridgehead atoms. The predicted molar refractivity (Wildman–Crippen MR) is 103 cm³/mol. The molecule has 3 rings (SSSR count). The Labute approximate surface area is 158 Å². The molecule has 1 aliphatic heterocycles. The number of hydrogen-bond donors (Lipinski definition) is 3. The zero-order chi connectivity index (χ0) is 18.9. The molecule has 26 heavy (non-hydrogen) atoms. The highest BCUT2D eigenvalue weighted by molar-refractivity contribution is 6.31. The maximum Gasteiger partial charge on any atom is 0.317 e. The van der Waals surface area contributed by atoms with E-state index in [0.717, 1.165) is 29.3 Å². The summed E-state index contributed by atoms with van der Waals surface area (Å²) in [6.45, 7) is 8.17. The van der Waals surface area contributed by atoms with Crippen molar-refractivity contribution in [2.45, 2.75) is 39.7 Å². The van der Waals surface area contributed by atoms with Crippen LogP contribution in [-0.4, -0.2) is 45.9 Å². The van der Waals surface area contributed by atoms with Crippen molar-refractivity contribution in [3.63, 3.8) is 0 Å². The number of amides is 2. The highest BCUT2D eigenvalue weighted by atomic mass is 35.5. The molecule has 1 saturated heterocycles. The van der Waals surface area contributed by atoms with Gasteiger partial charge >= 0.3 is 6.03 Å². The molecule has 142 valence electrons. The molecule has 1 fully saturated rings. The van der Waals surface area contributed by atoms with Crippen molar-refractivity contribution >= 4 is 28.5 Å². The van der Waals surface area contributed by atoms with Crippen molar-refractivity contribution in [3.8, 4) is 0 Å². The molecule has 1 aromatic carbocycles. The summed E-state index contributed by atoms with van der Waals surface area (Å²) in [5, 5.41) is 22.5. The summed E-state index contributed by atoms with van der Waals surface area (Å²) in [4.78, 5) is 13.9. The van der Waals surface area contributed by atoms with Gasteiger partial charge in [-0.3, -0.25) is 5.10 Å². The molecule has 1 aliphatic rings. The number of aliphatic hydroxyl groups excluding tert-OH is 1. The Morgan fingerprint density at radius 2 is 2.15 bits per heavy atom. The average Bonchev–Trinajstić information content (AvgIpc) is 3.09. The number of aliphatic hydroxyl groups is 1. The van der Waals surface area contributed by atoms with Crippen molar-refractivity contribution in [3.05, 3.63) is 28.9 Å². The van der Waals surface area contributed by atoms with E-state index in [4.69, 9.17) is 11.6 Å². The monoisotopic (exact) mass is 378 g/mol. The molecular weight excluding hydrogens is 352 g/mol. The number of rotatable bonds is 4. The van der Waals surface area contributed by atoms with E-state index in [9.17, 15) is 9.90 Å². The van der Waals surface area contributed by atoms with Gasteiger partial charge in [-0.2, -0.15) is 5.10 Å². The number of fused-ring (bicyclic) bond motifs is 1. The number of carbonyl (C=O) groups excluding carboxylic acids is 1. The molecule has 2 amide bonds. The van der Waals surface area contributed by atoms with Crippen LogP contribution in [0.4, 0.5) is 4.79 Å². The minimum absolute atomic E-state index is 0.000693. The fourth-order valence-corrected chi connectivity index (χ4v) is 4.21. The number of likely N-dealkylation sites (tertiary alicyclic amines) is 1. The predicted octanol–water partition coefficient (Wildman–Crippen LogP) is 3.72. The first-order valence-corrected chi connectivity index (χ1v) is 9.55. The van der Waals surface area contributed by atoms with Gasteiger partial charge in [0.15, 0.2) is 0 Å². The number of benzene rings is 1. The molecule has 1 unspecified atom stereocenters. The molecule has 1 aromatic heterocycles. The number of aromatic nitrogens is 2. The van der Waals surface area contributed by atoms with Crippen LogP contribution in [0.15, 0.2) is 18.3 Å². The van der Waals surface area contributed by atoms with Gasteiger partial charge in [-0.25, -0.2) is 4.79 Å². The Bertz CT molecular complexity index is 781. The smallest absolute Gasteiger partial charge is 0.317 e. The van der Waals surface area contributed by atoms with Gasteiger partial charge in [0.1, 0.15) is 0 Å². The van der Waals surface area contributed by atoms with Crippen LogP contribution in [-0.2, 0) is 0 Å². The van der Waals surface area contributed by atoms with Gasteiger partial charge in [-0.1, -0.05) is 25.4 Å². The highest BCUT2D eigenvalue weighted by Crippen LogP contribution is 2.46. The Morgan fingerprint density at radius 3 is 2.81 bits per heavy atom. The van der Waals surface area contributed by atoms with E-state index in [1.807, 2.05) is 24.0 Å². The molecule has 6 nitrogen and oxygen atoms in total. The summed E-state index contributed by atoms with van der Waals surface area (Å²) in [6, 6.07) is 3.65. The molecule has 1 atom stereocenters. The third-order valence-electron chi connectivity index (χ3n) is 5.72. The van der Waals surface area contributed by atoms with Gasteiger partial charge in [-0.15, -0.1) is 0 Å². The number of halogens is 1. The number of urea groups is 1. The molecule has 0 saturated carbocycles. The van der Waals surface area contributed by atoms with Crippen LogP contribution in [0.2, 0.25) is 5.02 Å². The van der Waals surface area contributed by atoms with E-state index in [-0.39, 0.29) is 11.4 Å². The lowest BCUT2D eigenvalue weighted by Crippen LogP contribution is -2.47. The molecule has 7 heteroatoms. The topological polar surface area (TPSA) is 81.3 Å². The number of carbonyl (C=O) groups is 1. The molecule has 0 radical (unpaired) electrons. The summed E-state index contributed by atoms with van der Waals surface area (Å²) in [5.41, 5.74) is 1.29. The third kappa shape index (κ3) is 3.53. The van der Waals surface area contributed by atoms with Crippen molar-refractivity contribution < 1.29 is 9.90 Å². The van der Waals surface area contributed by atoms with Gasteiger partial charge in [-0.05, 0) is 48.8 Å². The van der Waals surface area contributed by atoms with Crippen LogP contribution in [0.5, 0.6) is 0 Å². The second-order valence-electron chi connectivity index (χ2n) is 7.65.